The van der Waals surface area contributed by atoms with E-state index in [-0.39, 0.29) is 37.5 Å². The van der Waals surface area contributed by atoms with Crippen LogP contribution >= 0.6 is 0 Å². The van der Waals surface area contributed by atoms with Crippen molar-refractivity contribution in [2.45, 2.75) is 30.5 Å². The van der Waals surface area contributed by atoms with Gasteiger partial charge in [0.15, 0.2) is 0 Å². The Labute approximate surface area is 269 Å². The van der Waals surface area contributed by atoms with E-state index >= 15 is 0 Å². The summed E-state index contributed by atoms with van der Waals surface area (Å²) < 4.78 is 45.4. The van der Waals surface area contributed by atoms with Gasteiger partial charge >= 0.3 is 12.2 Å². The summed E-state index contributed by atoms with van der Waals surface area (Å²) in [5, 5.41) is 7.95. The van der Waals surface area contributed by atoms with Crippen LogP contribution in [0.4, 0.5) is 18.0 Å². The Balaban J connectivity index is 1.11. The molecule has 8 nitrogen and oxygen atoms in total. The Hall–Kier alpha value is -5.32. The zero-order valence-electron chi connectivity index (χ0n) is 25.3. The summed E-state index contributed by atoms with van der Waals surface area (Å²) in [6.07, 6.45) is -4.00. The lowest BCUT2D eigenvalue weighted by Crippen LogP contribution is -2.49. The van der Waals surface area contributed by atoms with Gasteiger partial charge < -0.3 is 25.6 Å². The van der Waals surface area contributed by atoms with E-state index in [1.54, 1.807) is 65.6 Å². The molecule has 11 heteroatoms. The van der Waals surface area contributed by atoms with Crippen LogP contribution in [0.5, 0.6) is 11.5 Å². The quantitative estimate of drug-likeness (QED) is 0.208. The monoisotopic (exact) mass is 642 g/mol. The van der Waals surface area contributed by atoms with Gasteiger partial charge in [0.2, 0.25) is 5.91 Å². The Morgan fingerprint density at radius 3 is 2.11 bits per heavy atom. The number of carbonyl (C=O) groups excluding carboxylic acids is 3. The number of benzene rings is 4. The van der Waals surface area contributed by atoms with Gasteiger partial charge in [0.25, 0.3) is 5.91 Å². The van der Waals surface area contributed by atoms with Crippen LogP contribution in [0.1, 0.15) is 34.3 Å². The molecule has 0 saturated carbocycles. The minimum atomic E-state index is -4.58. The summed E-state index contributed by atoms with van der Waals surface area (Å²) in [5.74, 6) is -0.0937. The minimum absolute atomic E-state index is 0.0265. The first kappa shape index (κ1) is 31.7. The van der Waals surface area contributed by atoms with E-state index in [4.69, 9.17) is 4.74 Å². The van der Waals surface area contributed by atoms with Crippen molar-refractivity contribution in [1.29, 1.82) is 0 Å². The second-order valence-corrected chi connectivity index (χ2v) is 11.6. The van der Waals surface area contributed by atoms with Gasteiger partial charge in [-0.05, 0) is 59.4 Å². The second kappa shape index (κ2) is 13.2. The first-order valence-corrected chi connectivity index (χ1v) is 15.4. The van der Waals surface area contributed by atoms with Crippen LogP contribution in [-0.4, -0.2) is 61.1 Å². The number of alkyl halides is 3. The Bertz CT molecular complexity index is 1730. The number of rotatable bonds is 9. The van der Waals surface area contributed by atoms with Gasteiger partial charge in [-0.3, -0.25) is 9.59 Å². The van der Waals surface area contributed by atoms with Gasteiger partial charge in [-0.2, -0.15) is 13.2 Å². The number of halogens is 3. The summed E-state index contributed by atoms with van der Waals surface area (Å²) in [6, 6.07) is 29.7. The zero-order chi connectivity index (χ0) is 33.0. The molecule has 1 atom stereocenters. The molecule has 4 amide bonds. The maximum Gasteiger partial charge on any atom is 0.405 e. The molecule has 1 fully saturated rings. The smallest absolute Gasteiger partial charge is 0.405 e. The zero-order valence-corrected chi connectivity index (χ0v) is 25.3. The fourth-order valence-corrected chi connectivity index (χ4v) is 6.44. The van der Waals surface area contributed by atoms with E-state index in [0.29, 0.717) is 41.2 Å². The SMILES string of the molecule is O=C(NC1CCN(C(=O)NCCC2(C(=O)NCC(F)(F)F)c3ccccc3-c3ccccc32)C1)c1ccccc1Oc1ccccc1. The number of hydrogen-bond acceptors (Lipinski definition) is 4. The average Bonchev–Trinajstić information content (AvgIpc) is 3.65. The number of ether oxygens (including phenoxy) is 1. The van der Waals surface area contributed by atoms with Gasteiger partial charge in [-0.15, -0.1) is 0 Å². The third kappa shape index (κ3) is 6.65. The fourth-order valence-electron chi connectivity index (χ4n) is 6.44. The molecule has 0 radical (unpaired) electrons. The number of para-hydroxylation sites is 2. The van der Waals surface area contributed by atoms with Crippen LogP contribution in [-0.2, 0) is 10.2 Å². The van der Waals surface area contributed by atoms with Crippen LogP contribution in [0.3, 0.4) is 0 Å². The molecule has 4 aromatic carbocycles. The number of nitrogens with zero attached hydrogens (tertiary/aromatic N) is 1. The molecule has 47 heavy (non-hydrogen) atoms. The van der Waals surface area contributed by atoms with E-state index < -0.39 is 24.0 Å². The molecule has 0 bridgehead atoms. The maximum absolute atomic E-state index is 13.7. The highest BCUT2D eigenvalue weighted by Gasteiger charge is 2.49. The van der Waals surface area contributed by atoms with Crippen LogP contribution in [0.2, 0.25) is 0 Å². The molecule has 6 rings (SSSR count). The highest BCUT2D eigenvalue weighted by molar-refractivity contribution is 6.01. The van der Waals surface area contributed by atoms with Crippen molar-refractivity contribution in [3.63, 3.8) is 0 Å². The molecule has 242 valence electrons. The minimum Gasteiger partial charge on any atom is -0.457 e. The fraction of sp³-hybridized carbons (Fsp3) is 0.250. The van der Waals surface area contributed by atoms with Crippen LogP contribution in [0.15, 0.2) is 103 Å². The highest BCUT2D eigenvalue weighted by Crippen LogP contribution is 2.50. The van der Waals surface area contributed by atoms with E-state index in [0.717, 1.165) is 11.1 Å². The predicted octanol–water partition coefficient (Wildman–Crippen LogP) is 6.03. The molecule has 1 aliphatic heterocycles. The summed E-state index contributed by atoms with van der Waals surface area (Å²) in [4.78, 5) is 41.7. The third-order valence-corrected chi connectivity index (χ3v) is 8.59. The molecule has 4 aromatic rings. The first-order chi connectivity index (χ1) is 22.7. The number of likely N-dealkylation sites (tertiary alicyclic amines) is 1. The van der Waals surface area contributed by atoms with Gasteiger partial charge in [0.1, 0.15) is 23.5 Å². The highest BCUT2D eigenvalue weighted by atomic mass is 19.4. The number of hydrogen-bond donors (Lipinski definition) is 3. The van der Waals surface area contributed by atoms with Crippen molar-refractivity contribution in [3.05, 3.63) is 120 Å². The van der Waals surface area contributed by atoms with Crippen molar-refractivity contribution >= 4 is 17.8 Å². The first-order valence-electron chi connectivity index (χ1n) is 15.4. The predicted molar refractivity (Wildman–Crippen MR) is 170 cm³/mol. The van der Waals surface area contributed by atoms with Gasteiger partial charge in [0.05, 0.1) is 5.56 Å². The second-order valence-electron chi connectivity index (χ2n) is 11.6. The molecule has 1 unspecified atom stereocenters. The molecule has 2 aliphatic rings. The normalized spacial score (nSPS) is 16.1. The van der Waals surface area contributed by atoms with Crippen molar-refractivity contribution < 1.29 is 32.3 Å². The lowest BCUT2D eigenvalue weighted by atomic mass is 9.74. The number of urea groups is 1. The standard InChI is InChI=1S/C36H33F3N4O4/c37-36(38,39)23-41-33(45)35(29-15-7-4-12-26(29)27-13-5-8-16-30(27)35)19-20-40-34(46)43-21-18-24(22-43)42-32(44)28-14-6-9-17-31(28)47-25-10-2-1-3-11-25/h1-17,24H,18-23H2,(H,40,46)(H,41,45)(H,42,44). The van der Waals surface area contributed by atoms with Gasteiger partial charge in [-0.25, -0.2) is 4.79 Å². The summed E-state index contributed by atoms with van der Waals surface area (Å²) >= 11 is 0. The van der Waals surface area contributed by atoms with Crippen molar-refractivity contribution in [2.75, 3.05) is 26.2 Å². The Kier molecular flexibility index (Phi) is 8.88. The number of fused-ring (bicyclic) bond motifs is 3. The molecule has 0 spiro atoms. The summed E-state index contributed by atoms with van der Waals surface area (Å²) in [7, 11) is 0. The molecule has 1 heterocycles. The number of carbonyl (C=O) groups is 3. The van der Waals surface area contributed by atoms with Crippen LogP contribution in [0, 0.1) is 0 Å². The Morgan fingerprint density at radius 1 is 0.809 bits per heavy atom. The van der Waals surface area contributed by atoms with Crippen LogP contribution in [0.25, 0.3) is 11.1 Å². The van der Waals surface area contributed by atoms with Crippen molar-refractivity contribution in [2.24, 2.45) is 0 Å². The van der Waals surface area contributed by atoms with Gasteiger partial charge in [-0.1, -0.05) is 78.9 Å². The topological polar surface area (TPSA) is 99.8 Å². The van der Waals surface area contributed by atoms with Crippen molar-refractivity contribution in [3.8, 4) is 22.6 Å². The Morgan fingerprint density at radius 2 is 1.43 bits per heavy atom. The summed E-state index contributed by atoms with van der Waals surface area (Å²) in [5.41, 5.74) is 1.66. The van der Waals surface area contributed by atoms with E-state index in [2.05, 4.69) is 16.0 Å². The third-order valence-electron chi connectivity index (χ3n) is 8.59. The molecular weight excluding hydrogens is 609 g/mol. The van der Waals surface area contributed by atoms with Crippen molar-refractivity contribution in [1.82, 2.24) is 20.9 Å². The maximum atomic E-state index is 13.7. The molecule has 0 aromatic heterocycles. The largest absolute Gasteiger partial charge is 0.457 e. The van der Waals surface area contributed by atoms with Crippen LogP contribution < -0.4 is 20.7 Å². The number of nitrogens with one attached hydrogen (secondary N) is 3. The molecule has 1 aliphatic carbocycles. The lowest BCUT2D eigenvalue weighted by Gasteiger charge is -2.31. The number of amides is 4. The summed E-state index contributed by atoms with van der Waals surface area (Å²) in [6.45, 7) is -0.781. The van der Waals surface area contributed by atoms with Gasteiger partial charge in [0, 0.05) is 25.7 Å². The molecular formula is C36H33F3N4O4. The van der Waals surface area contributed by atoms with E-state index in [9.17, 15) is 27.6 Å². The molecule has 1 saturated heterocycles. The van der Waals surface area contributed by atoms with E-state index in [1.807, 2.05) is 42.5 Å². The molecule has 3 N–H and O–H groups in total. The average molecular weight is 643 g/mol. The lowest BCUT2D eigenvalue weighted by molar-refractivity contribution is -0.141. The van der Waals surface area contributed by atoms with E-state index in [1.165, 1.54) is 0 Å².